The van der Waals surface area contributed by atoms with Crippen molar-refractivity contribution in [3.05, 3.63) is 53.9 Å². The van der Waals surface area contributed by atoms with Crippen LogP contribution in [0, 0.1) is 0 Å². The smallest absolute Gasteiger partial charge is 0.357 e. The minimum absolute atomic E-state index is 0. The Hall–Kier alpha value is -2.11. The number of anilines is 1. The molecule has 27 heavy (non-hydrogen) atoms. The summed E-state index contributed by atoms with van der Waals surface area (Å²) in [6, 6.07) is 10.6. The second-order valence-electron chi connectivity index (χ2n) is 5.30. The van der Waals surface area contributed by atoms with Gasteiger partial charge in [0.05, 0.1) is 6.54 Å². The van der Waals surface area contributed by atoms with Gasteiger partial charge in [0.2, 0.25) is 5.95 Å². The minimum atomic E-state index is -4.49. The van der Waals surface area contributed by atoms with E-state index in [0.29, 0.717) is 32.1 Å². The first-order chi connectivity index (χ1) is 12.5. The molecule has 148 valence electrons. The zero-order valence-corrected chi connectivity index (χ0v) is 17.1. The number of nitrogens with one attached hydrogen (secondary N) is 3. The van der Waals surface area contributed by atoms with Crippen LogP contribution in [0.4, 0.5) is 19.1 Å². The van der Waals surface area contributed by atoms with E-state index >= 15 is 0 Å². The number of nitrogens with zero attached hydrogens (tertiary/aromatic N) is 3. The zero-order chi connectivity index (χ0) is 18.8. The average molecular weight is 494 g/mol. The highest BCUT2D eigenvalue weighted by Gasteiger charge is 2.32. The lowest BCUT2D eigenvalue weighted by Gasteiger charge is -2.12. The summed E-state index contributed by atoms with van der Waals surface area (Å²) in [5, 5.41) is 8.98. The van der Waals surface area contributed by atoms with Crippen molar-refractivity contribution in [2.75, 3.05) is 25.0 Å². The van der Waals surface area contributed by atoms with Gasteiger partial charge in [0, 0.05) is 25.8 Å². The molecule has 1 aromatic heterocycles. The summed E-state index contributed by atoms with van der Waals surface area (Å²) >= 11 is 0. The van der Waals surface area contributed by atoms with E-state index in [9.17, 15) is 13.2 Å². The van der Waals surface area contributed by atoms with Crippen molar-refractivity contribution in [2.45, 2.75) is 19.6 Å². The van der Waals surface area contributed by atoms with Gasteiger partial charge < -0.3 is 16.0 Å². The second-order valence-corrected chi connectivity index (χ2v) is 5.30. The van der Waals surface area contributed by atoms with Crippen molar-refractivity contribution in [1.82, 2.24) is 20.6 Å². The summed E-state index contributed by atoms with van der Waals surface area (Å²) < 4.78 is 37.9. The Bertz CT molecular complexity index is 709. The van der Waals surface area contributed by atoms with Crippen molar-refractivity contribution in [3.63, 3.8) is 0 Å². The van der Waals surface area contributed by atoms with E-state index in [1.54, 1.807) is 0 Å². The van der Waals surface area contributed by atoms with Crippen LogP contribution >= 0.6 is 24.0 Å². The maximum Gasteiger partial charge on any atom is 0.433 e. The van der Waals surface area contributed by atoms with Gasteiger partial charge in [0.1, 0.15) is 5.69 Å². The largest absolute Gasteiger partial charge is 0.433 e. The summed E-state index contributed by atoms with van der Waals surface area (Å²) in [5.74, 6) is 0.566. The highest BCUT2D eigenvalue weighted by molar-refractivity contribution is 14.0. The predicted octanol–water partition coefficient (Wildman–Crippen LogP) is 3.28. The first-order valence-corrected chi connectivity index (χ1v) is 8.19. The number of hydrogen-bond donors (Lipinski definition) is 3. The Labute approximate surface area is 173 Å². The number of guanidine groups is 1. The fourth-order valence-corrected chi connectivity index (χ4v) is 2.05. The van der Waals surface area contributed by atoms with Crippen LogP contribution in [-0.4, -0.2) is 35.6 Å². The highest BCUT2D eigenvalue weighted by atomic mass is 127. The summed E-state index contributed by atoms with van der Waals surface area (Å²) in [5.41, 5.74) is 0.112. The Morgan fingerprint density at radius 3 is 2.48 bits per heavy atom. The summed E-state index contributed by atoms with van der Waals surface area (Å²) in [7, 11) is 0. The van der Waals surface area contributed by atoms with Crippen LogP contribution in [0.25, 0.3) is 0 Å². The summed E-state index contributed by atoms with van der Waals surface area (Å²) in [4.78, 5) is 11.7. The third kappa shape index (κ3) is 8.41. The first-order valence-electron chi connectivity index (χ1n) is 8.19. The molecule has 0 bridgehead atoms. The van der Waals surface area contributed by atoms with E-state index in [1.165, 1.54) is 0 Å². The van der Waals surface area contributed by atoms with Crippen LogP contribution in [0.1, 0.15) is 18.2 Å². The molecular formula is C17H22F3IN6. The molecule has 0 aliphatic heterocycles. The fourth-order valence-electron chi connectivity index (χ4n) is 2.05. The molecule has 0 aliphatic carbocycles. The number of hydrogen-bond acceptors (Lipinski definition) is 4. The van der Waals surface area contributed by atoms with Gasteiger partial charge in [-0.05, 0) is 18.6 Å². The van der Waals surface area contributed by atoms with Crippen LogP contribution in [0.15, 0.2) is 47.6 Å². The van der Waals surface area contributed by atoms with Crippen molar-refractivity contribution in [1.29, 1.82) is 0 Å². The molecule has 0 atom stereocenters. The van der Waals surface area contributed by atoms with Crippen molar-refractivity contribution in [2.24, 2.45) is 4.99 Å². The monoisotopic (exact) mass is 494 g/mol. The van der Waals surface area contributed by atoms with Crippen LogP contribution in [0.2, 0.25) is 0 Å². The molecule has 0 radical (unpaired) electrons. The van der Waals surface area contributed by atoms with Crippen LogP contribution in [0.5, 0.6) is 0 Å². The Morgan fingerprint density at radius 2 is 1.81 bits per heavy atom. The lowest BCUT2D eigenvalue weighted by atomic mass is 10.2. The number of aliphatic imine (C=N–C) groups is 1. The maximum absolute atomic E-state index is 12.6. The van der Waals surface area contributed by atoms with Gasteiger partial charge in [-0.1, -0.05) is 30.3 Å². The molecule has 0 fully saturated rings. The van der Waals surface area contributed by atoms with E-state index in [4.69, 9.17) is 0 Å². The van der Waals surface area contributed by atoms with E-state index in [0.717, 1.165) is 17.8 Å². The number of benzene rings is 1. The molecule has 0 saturated carbocycles. The van der Waals surface area contributed by atoms with Gasteiger partial charge in [-0.25, -0.2) is 15.0 Å². The van der Waals surface area contributed by atoms with Gasteiger partial charge in [-0.3, -0.25) is 0 Å². The van der Waals surface area contributed by atoms with Crippen molar-refractivity contribution >= 4 is 35.9 Å². The molecule has 1 aromatic carbocycles. The molecule has 0 amide bonds. The lowest BCUT2D eigenvalue weighted by molar-refractivity contribution is -0.141. The Kier molecular flexibility index (Phi) is 9.83. The summed E-state index contributed by atoms with van der Waals surface area (Å²) in [6.45, 7) is 3.97. The fraction of sp³-hybridized carbons (Fsp3) is 0.353. The van der Waals surface area contributed by atoms with Gasteiger partial charge in [0.15, 0.2) is 5.96 Å². The van der Waals surface area contributed by atoms with Gasteiger partial charge >= 0.3 is 6.18 Å². The van der Waals surface area contributed by atoms with Crippen molar-refractivity contribution < 1.29 is 13.2 Å². The molecular weight excluding hydrogens is 472 g/mol. The number of alkyl halides is 3. The molecule has 10 heteroatoms. The molecule has 0 saturated heterocycles. The zero-order valence-electron chi connectivity index (χ0n) is 14.8. The highest BCUT2D eigenvalue weighted by Crippen LogP contribution is 2.27. The van der Waals surface area contributed by atoms with Gasteiger partial charge in [-0.2, -0.15) is 13.2 Å². The molecule has 3 N–H and O–H groups in total. The molecule has 6 nitrogen and oxygen atoms in total. The second kappa shape index (κ2) is 11.6. The van der Waals surface area contributed by atoms with Gasteiger partial charge in [0.25, 0.3) is 0 Å². The third-order valence-electron chi connectivity index (χ3n) is 3.25. The lowest BCUT2D eigenvalue weighted by Crippen LogP contribution is -2.39. The quantitative estimate of drug-likeness (QED) is 0.239. The van der Waals surface area contributed by atoms with Crippen LogP contribution in [-0.2, 0) is 12.7 Å². The topological polar surface area (TPSA) is 74.2 Å². The maximum atomic E-state index is 12.6. The Morgan fingerprint density at radius 1 is 1.07 bits per heavy atom. The molecule has 1 heterocycles. The average Bonchev–Trinajstić information content (AvgIpc) is 2.63. The molecule has 2 rings (SSSR count). The van der Waals surface area contributed by atoms with E-state index in [-0.39, 0.29) is 29.9 Å². The first kappa shape index (κ1) is 22.9. The number of aromatic nitrogens is 2. The van der Waals surface area contributed by atoms with E-state index in [1.807, 2.05) is 37.3 Å². The Balaban J connectivity index is 0.00000364. The third-order valence-corrected chi connectivity index (χ3v) is 3.25. The molecule has 0 aliphatic rings. The standard InChI is InChI=1S/C17H21F3N6.HI/c1-2-21-15(25-12-13-6-4-3-5-7-13)23-10-11-24-16-22-9-8-14(26-16)17(18,19)20;/h3-9H,2,10-12H2,1H3,(H2,21,23,25)(H,22,24,26);1H. The number of halogens is 4. The van der Waals surface area contributed by atoms with Crippen LogP contribution in [0.3, 0.4) is 0 Å². The molecule has 0 spiro atoms. The van der Waals surface area contributed by atoms with Crippen LogP contribution < -0.4 is 16.0 Å². The SMILES string of the molecule is CCNC(=NCc1ccccc1)NCCNc1nccc(C(F)(F)F)n1.I. The summed E-state index contributed by atoms with van der Waals surface area (Å²) in [6.07, 6.45) is -3.41. The van der Waals surface area contributed by atoms with Gasteiger partial charge in [-0.15, -0.1) is 24.0 Å². The molecule has 2 aromatic rings. The van der Waals surface area contributed by atoms with Crippen molar-refractivity contribution in [3.8, 4) is 0 Å². The molecule has 0 unspecified atom stereocenters. The predicted molar refractivity (Wildman–Crippen MR) is 110 cm³/mol. The van der Waals surface area contributed by atoms with E-state index < -0.39 is 11.9 Å². The normalized spacial score (nSPS) is 11.5. The number of rotatable bonds is 7. The van der Waals surface area contributed by atoms with E-state index in [2.05, 4.69) is 30.9 Å². The minimum Gasteiger partial charge on any atom is -0.357 e.